The first-order valence-corrected chi connectivity index (χ1v) is 9.97. The maximum absolute atomic E-state index is 13.6. The van der Waals surface area contributed by atoms with E-state index in [-0.39, 0.29) is 18.1 Å². The third-order valence-corrected chi connectivity index (χ3v) is 5.20. The fraction of sp³-hybridized carbons (Fsp3) is 0.273. The van der Waals surface area contributed by atoms with Gasteiger partial charge in [0.2, 0.25) is 0 Å². The zero-order valence-corrected chi connectivity index (χ0v) is 17.2. The fourth-order valence-electron chi connectivity index (χ4n) is 3.62. The maximum Gasteiger partial charge on any atom is 0.416 e. The lowest BCUT2D eigenvalue weighted by Crippen LogP contribution is -2.19. The summed E-state index contributed by atoms with van der Waals surface area (Å²) in [6.07, 6.45) is -3.32. The SMILES string of the molecule is CCC(c1ccc(C(F)(F)F)cc1C(F)(F)F)n1cc(N2CC=C(c3ccccn3)O2)cn1. The van der Waals surface area contributed by atoms with Gasteiger partial charge in [-0.25, -0.2) is 5.06 Å². The van der Waals surface area contributed by atoms with E-state index in [0.717, 1.165) is 6.07 Å². The Kier molecular flexibility index (Phi) is 5.81. The molecular weight excluding hydrogens is 450 g/mol. The second-order valence-corrected chi connectivity index (χ2v) is 7.34. The lowest BCUT2D eigenvalue weighted by molar-refractivity contribution is -0.143. The Hall–Kier alpha value is -3.50. The molecule has 0 aliphatic carbocycles. The smallest absolute Gasteiger partial charge is 0.377 e. The third kappa shape index (κ3) is 4.67. The van der Waals surface area contributed by atoms with Crippen molar-refractivity contribution in [2.24, 2.45) is 0 Å². The number of hydroxylamine groups is 1. The summed E-state index contributed by atoms with van der Waals surface area (Å²) >= 11 is 0. The Balaban J connectivity index is 1.61. The lowest BCUT2D eigenvalue weighted by atomic mass is 9.95. The van der Waals surface area contributed by atoms with E-state index in [1.54, 1.807) is 37.4 Å². The number of benzene rings is 1. The fourth-order valence-corrected chi connectivity index (χ4v) is 3.62. The lowest BCUT2D eigenvalue weighted by Gasteiger charge is -2.22. The number of aromatic nitrogens is 3. The molecular formula is C22H18F6N4O. The van der Waals surface area contributed by atoms with Crippen LogP contribution in [-0.4, -0.2) is 21.3 Å². The molecule has 4 rings (SSSR count). The van der Waals surface area contributed by atoms with Gasteiger partial charge in [-0.1, -0.05) is 19.1 Å². The number of hydrogen-bond donors (Lipinski definition) is 0. The topological polar surface area (TPSA) is 43.2 Å². The zero-order chi connectivity index (χ0) is 23.8. The molecule has 33 heavy (non-hydrogen) atoms. The van der Waals surface area contributed by atoms with Crippen LogP contribution in [0, 0.1) is 0 Å². The van der Waals surface area contributed by atoms with Gasteiger partial charge >= 0.3 is 12.4 Å². The van der Waals surface area contributed by atoms with E-state index >= 15 is 0 Å². The van der Waals surface area contributed by atoms with Crippen LogP contribution in [0.25, 0.3) is 5.76 Å². The molecule has 0 radical (unpaired) electrons. The molecule has 0 bridgehead atoms. The second kappa shape index (κ2) is 8.45. The van der Waals surface area contributed by atoms with E-state index < -0.39 is 29.5 Å². The van der Waals surface area contributed by atoms with Crippen LogP contribution in [0.4, 0.5) is 32.0 Å². The van der Waals surface area contributed by atoms with Crippen molar-refractivity contribution in [2.45, 2.75) is 31.7 Å². The molecule has 0 amide bonds. The van der Waals surface area contributed by atoms with Crippen molar-refractivity contribution < 1.29 is 31.2 Å². The predicted molar refractivity (Wildman–Crippen MR) is 108 cm³/mol. The first kappa shape index (κ1) is 22.7. The van der Waals surface area contributed by atoms with Crippen molar-refractivity contribution >= 4 is 11.4 Å². The molecule has 1 unspecified atom stereocenters. The Bertz CT molecular complexity index is 1150. The maximum atomic E-state index is 13.6. The molecule has 0 spiro atoms. The van der Waals surface area contributed by atoms with E-state index in [1.165, 1.54) is 22.1 Å². The van der Waals surface area contributed by atoms with Gasteiger partial charge in [-0.2, -0.15) is 31.4 Å². The van der Waals surface area contributed by atoms with Crippen molar-refractivity contribution in [3.05, 3.63) is 83.4 Å². The average molecular weight is 468 g/mol. The van der Waals surface area contributed by atoms with Crippen LogP contribution in [0.3, 0.4) is 0 Å². The van der Waals surface area contributed by atoms with Crippen molar-refractivity contribution in [2.75, 3.05) is 11.6 Å². The van der Waals surface area contributed by atoms with Crippen molar-refractivity contribution in [1.29, 1.82) is 0 Å². The zero-order valence-electron chi connectivity index (χ0n) is 17.2. The Morgan fingerprint density at radius 1 is 1.06 bits per heavy atom. The minimum atomic E-state index is -4.96. The molecule has 3 heterocycles. The summed E-state index contributed by atoms with van der Waals surface area (Å²) in [4.78, 5) is 9.98. The molecule has 3 aromatic rings. The molecule has 1 aromatic carbocycles. The Morgan fingerprint density at radius 2 is 1.85 bits per heavy atom. The average Bonchev–Trinajstić information content (AvgIpc) is 3.44. The van der Waals surface area contributed by atoms with Gasteiger partial charge in [0, 0.05) is 6.20 Å². The number of anilines is 1. The number of alkyl halides is 6. The molecule has 11 heteroatoms. The molecule has 1 atom stereocenters. The van der Waals surface area contributed by atoms with E-state index in [4.69, 9.17) is 4.84 Å². The van der Waals surface area contributed by atoms with Crippen LogP contribution < -0.4 is 5.06 Å². The van der Waals surface area contributed by atoms with Crippen LogP contribution in [0.15, 0.2) is 61.1 Å². The number of rotatable bonds is 5. The van der Waals surface area contributed by atoms with Gasteiger partial charge in [-0.15, -0.1) is 0 Å². The predicted octanol–water partition coefficient (Wildman–Crippen LogP) is 6.11. The third-order valence-electron chi connectivity index (χ3n) is 5.20. The molecule has 5 nitrogen and oxygen atoms in total. The first-order chi connectivity index (χ1) is 15.6. The van der Waals surface area contributed by atoms with Gasteiger partial charge < -0.3 is 4.84 Å². The highest BCUT2D eigenvalue weighted by molar-refractivity contribution is 5.61. The van der Waals surface area contributed by atoms with Crippen molar-refractivity contribution in [1.82, 2.24) is 14.8 Å². The number of hydrogen-bond acceptors (Lipinski definition) is 4. The quantitative estimate of drug-likeness (QED) is 0.424. The molecule has 0 N–H and O–H groups in total. The van der Waals surface area contributed by atoms with Gasteiger partial charge in [0.1, 0.15) is 11.4 Å². The molecule has 1 aliphatic rings. The van der Waals surface area contributed by atoms with E-state index in [2.05, 4.69) is 10.1 Å². The molecule has 0 saturated heterocycles. The summed E-state index contributed by atoms with van der Waals surface area (Å²) in [5.41, 5.74) is -1.87. The molecule has 0 saturated carbocycles. The highest BCUT2D eigenvalue weighted by Gasteiger charge is 2.39. The minimum absolute atomic E-state index is 0.148. The summed E-state index contributed by atoms with van der Waals surface area (Å²) in [5, 5.41) is 5.66. The largest absolute Gasteiger partial charge is 0.416 e. The van der Waals surface area contributed by atoms with Crippen molar-refractivity contribution in [3.63, 3.8) is 0 Å². The molecule has 0 fully saturated rings. The van der Waals surface area contributed by atoms with Crippen LogP contribution in [0.2, 0.25) is 0 Å². The summed E-state index contributed by atoms with van der Waals surface area (Å²) in [7, 11) is 0. The van der Waals surface area contributed by atoms with Gasteiger partial charge in [0.25, 0.3) is 0 Å². The number of nitrogens with zero attached hydrogens (tertiary/aromatic N) is 4. The van der Waals surface area contributed by atoms with Gasteiger partial charge in [-0.3, -0.25) is 9.67 Å². The van der Waals surface area contributed by atoms with Crippen LogP contribution in [0.1, 0.15) is 41.8 Å². The molecule has 1 aliphatic heterocycles. The summed E-state index contributed by atoms with van der Waals surface area (Å²) < 4.78 is 81.3. The molecule has 174 valence electrons. The first-order valence-electron chi connectivity index (χ1n) is 9.97. The summed E-state index contributed by atoms with van der Waals surface area (Å²) in [6, 6.07) is 6.09. The Labute approximate surface area is 184 Å². The van der Waals surface area contributed by atoms with Crippen LogP contribution in [0.5, 0.6) is 0 Å². The van der Waals surface area contributed by atoms with E-state index in [1.807, 2.05) is 0 Å². The second-order valence-electron chi connectivity index (χ2n) is 7.34. The number of pyridine rings is 1. The minimum Gasteiger partial charge on any atom is -0.377 e. The van der Waals surface area contributed by atoms with Crippen LogP contribution >= 0.6 is 0 Å². The van der Waals surface area contributed by atoms with Gasteiger partial charge in [-0.05, 0) is 42.3 Å². The number of halogens is 6. The van der Waals surface area contributed by atoms with E-state index in [9.17, 15) is 26.3 Å². The highest BCUT2D eigenvalue weighted by Crippen LogP contribution is 2.41. The summed E-state index contributed by atoms with van der Waals surface area (Å²) in [5.74, 6) is 0.525. The molecule has 2 aromatic heterocycles. The van der Waals surface area contributed by atoms with E-state index in [0.29, 0.717) is 29.8 Å². The van der Waals surface area contributed by atoms with Gasteiger partial charge in [0.05, 0.1) is 36.1 Å². The normalized spacial score (nSPS) is 15.4. The summed E-state index contributed by atoms with van der Waals surface area (Å²) in [6.45, 7) is 2.00. The Morgan fingerprint density at radius 3 is 2.48 bits per heavy atom. The van der Waals surface area contributed by atoms with Gasteiger partial charge in [0.15, 0.2) is 5.76 Å². The standard InChI is InChI=1S/C22H18F6N4O/c1-2-19(16-7-6-14(21(23,24)25)11-17(16)22(26,27)28)31-13-15(12-30-31)32-10-8-20(33-32)18-5-3-4-9-29-18/h3-9,11-13,19H,2,10H2,1H3. The highest BCUT2D eigenvalue weighted by atomic mass is 19.4. The van der Waals surface area contributed by atoms with Crippen molar-refractivity contribution in [3.8, 4) is 0 Å². The van der Waals surface area contributed by atoms with Crippen LogP contribution in [-0.2, 0) is 17.2 Å². The monoisotopic (exact) mass is 468 g/mol.